The molecule has 5 nitrogen and oxygen atoms in total. The second-order valence-corrected chi connectivity index (χ2v) is 10.4. The number of nitrogens with one attached hydrogen (secondary N) is 1. The number of rotatable bonds is 7. The van der Waals surface area contributed by atoms with E-state index in [2.05, 4.69) is 38.3 Å². The minimum Gasteiger partial charge on any atom is -0.357 e. The Hall–Kier alpha value is -2.64. The molecule has 0 aliphatic heterocycles. The lowest BCUT2D eigenvalue weighted by Crippen LogP contribution is -2.21. The van der Waals surface area contributed by atoms with E-state index in [1.807, 2.05) is 43.4 Å². The van der Waals surface area contributed by atoms with Gasteiger partial charge < -0.3 is 9.88 Å². The third kappa shape index (κ3) is 4.32. The van der Waals surface area contributed by atoms with Crippen LogP contribution in [0.5, 0.6) is 0 Å². The van der Waals surface area contributed by atoms with Crippen LogP contribution in [-0.4, -0.2) is 32.3 Å². The Kier molecular flexibility index (Phi) is 6.28. The highest BCUT2D eigenvalue weighted by molar-refractivity contribution is 8.01. The van der Waals surface area contributed by atoms with Gasteiger partial charge in [0.25, 0.3) is 0 Å². The molecule has 0 bridgehead atoms. The largest absolute Gasteiger partial charge is 0.357 e. The molecule has 5 rings (SSSR count). The van der Waals surface area contributed by atoms with Crippen LogP contribution >= 0.6 is 23.1 Å². The van der Waals surface area contributed by atoms with Gasteiger partial charge in [-0.05, 0) is 24.5 Å². The summed E-state index contributed by atoms with van der Waals surface area (Å²) in [4.78, 5) is 13.5. The van der Waals surface area contributed by atoms with Gasteiger partial charge in [-0.15, -0.1) is 10.2 Å². The third-order valence-electron chi connectivity index (χ3n) is 6.10. The molecule has 0 atom stereocenters. The summed E-state index contributed by atoms with van der Waals surface area (Å²) in [5.41, 5.74) is 3.87. The van der Waals surface area contributed by atoms with Gasteiger partial charge in [0.1, 0.15) is 0 Å². The van der Waals surface area contributed by atoms with E-state index in [1.54, 1.807) is 11.3 Å². The molecule has 32 heavy (non-hydrogen) atoms. The van der Waals surface area contributed by atoms with Crippen molar-refractivity contribution in [3.8, 4) is 11.3 Å². The first-order valence-corrected chi connectivity index (χ1v) is 12.9. The summed E-state index contributed by atoms with van der Waals surface area (Å²) >= 11 is 3.02. The number of Topliss-reactive ketones (excluding diaryl/α,β-unsaturated/α-hetero) is 1. The lowest BCUT2D eigenvalue weighted by Gasteiger charge is -2.21. The molecule has 1 aliphatic carbocycles. The molecule has 4 aromatic rings. The summed E-state index contributed by atoms with van der Waals surface area (Å²) in [6.07, 6.45) is 6.28. The van der Waals surface area contributed by atoms with Crippen molar-refractivity contribution in [3.05, 3.63) is 60.2 Å². The molecule has 0 unspecified atom stereocenters. The molecule has 164 valence electrons. The molecular formula is C25H26N4OS2. The summed E-state index contributed by atoms with van der Waals surface area (Å²) in [6.45, 7) is 0. The van der Waals surface area contributed by atoms with Gasteiger partial charge in [-0.25, -0.2) is 0 Å². The minimum atomic E-state index is 0.114. The van der Waals surface area contributed by atoms with Crippen molar-refractivity contribution >= 4 is 44.9 Å². The number of aryl methyl sites for hydroxylation is 1. The van der Waals surface area contributed by atoms with Crippen molar-refractivity contribution in [1.82, 2.24) is 14.8 Å². The zero-order chi connectivity index (χ0) is 21.9. The predicted octanol–water partition coefficient (Wildman–Crippen LogP) is 6.42. The molecule has 1 saturated carbocycles. The Morgan fingerprint density at radius 1 is 1.06 bits per heavy atom. The maximum absolute atomic E-state index is 13.5. The van der Waals surface area contributed by atoms with Crippen LogP contribution in [0.3, 0.4) is 0 Å². The number of anilines is 1. The quantitative estimate of drug-likeness (QED) is 0.254. The van der Waals surface area contributed by atoms with Gasteiger partial charge in [0, 0.05) is 24.0 Å². The first-order chi connectivity index (χ1) is 15.7. The lowest BCUT2D eigenvalue weighted by molar-refractivity contribution is 0.102. The first-order valence-electron chi connectivity index (χ1n) is 11.1. The first kappa shape index (κ1) is 21.2. The zero-order valence-corrected chi connectivity index (χ0v) is 19.7. The van der Waals surface area contributed by atoms with E-state index in [9.17, 15) is 4.79 Å². The SMILES string of the molecule is Cn1c(-c2ccccc2)c(C(=O)CSc2nnc(NC3CCCCC3)s2)c2ccccc21. The molecule has 2 aromatic heterocycles. The number of ketones is 1. The van der Waals surface area contributed by atoms with E-state index in [0.717, 1.165) is 37.2 Å². The fraction of sp³-hybridized carbons (Fsp3) is 0.320. The van der Waals surface area contributed by atoms with Crippen LogP contribution in [0.2, 0.25) is 0 Å². The van der Waals surface area contributed by atoms with Crippen LogP contribution in [-0.2, 0) is 7.05 Å². The number of hydrogen-bond acceptors (Lipinski definition) is 6. The zero-order valence-electron chi connectivity index (χ0n) is 18.1. The van der Waals surface area contributed by atoms with Crippen LogP contribution in [0.4, 0.5) is 5.13 Å². The molecule has 1 aliphatic rings. The fourth-order valence-corrected chi connectivity index (χ4v) is 6.26. The van der Waals surface area contributed by atoms with Crippen LogP contribution in [0.15, 0.2) is 58.9 Å². The summed E-state index contributed by atoms with van der Waals surface area (Å²) in [7, 11) is 2.03. The van der Waals surface area contributed by atoms with E-state index in [0.29, 0.717) is 11.8 Å². The molecule has 0 saturated heterocycles. The molecule has 2 aromatic carbocycles. The number of fused-ring (bicyclic) bond motifs is 1. The molecular weight excluding hydrogens is 436 g/mol. The van der Waals surface area contributed by atoms with Gasteiger partial charge in [-0.3, -0.25) is 4.79 Å². The monoisotopic (exact) mass is 462 g/mol. The summed E-state index contributed by atoms with van der Waals surface area (Å²) in [6, 6.07) is 18.8. The van der Waals surface area contributed by atoms with Crippen LogP contribution in [0.25, 0.3) is 22.2 Å². The Balaban J connectivity index is 1.36. The summed E-state index contributed by atoms with van der Waals surface area (Å²) in [5, 5.41) is 14.0. The molecule has 1 fully saturated rings. The molecule has 0 radical (unpaired) electrons. The number of carbonyl (C=O) groups is 1. The number of nitrogens with zero attached hydrogens (tertiary/aromatic N) is 3. The average molecular weight is 463 g/mol. The fourth-order valence-electron chi connectivity index (χ4n) is 4.56. The second kappa shape index (κ2) is 9.46. The second-order valence-electron chi connectivity index (χ2n) is 8.23. The third-order valence-corrected chi connectivity index (χ3v) is 8.09. The normalized spacial score (nSPS) is 14.7. The molecule has 2 heterocycles. The number of benzene rings is 2. The Bertz CT molecular complexity index is 1230. The van der Waals surface area contributed by atoms with Crippen LogP contribution < -0.4 is 5.32 Å². The summed E-state index contributed by atoms with van der Waals surface area (Å²) in [5.74, 6) is 0.453. The van der Waals surface area contributed by atoms with Gasteiger partial charge in [0.05, 0.1) is 17.0 Å². The van der Waals surface area contributed by atoms with Gasteiger partial charge in [-0.1, -0.05) is 90.9 Å². The molecule has 7 heteroatoms. The maximum Gasteiger partial charge on any atom is 0.206 e. The number of carbonyl (C=O) groups excluding carboxylic acids is 1. The highest BCUT2D eigenvalue weighted by atomic mass is 32.2. The number of thioether (sulfide) groups is 1. The van der Waals surface area contributed by atoms with Crippen molar-refractivity contribution in [2.24, 2.45) is 7.05 Å². The van der Waals surface area contributed by atoms with E-state index in [1.165, 1.54) is 43.9 Å². The minimum absolute atomic E-state index is 0.114. The number of aromatic nitrogens is 3. The van der Waals surface area contributed by atoms with Gasteiger partial charge in [-0.2, -0.15) is 0 Å². The molecule has 1 N–H and O–H groups in total. The Morgan fingerprint density at radius 2 is 1.81 bits per heavy atom. The Morgan fingerprint density at radius 3 is 2.62 bits per heavy atom. The van der Waals surface area contributed by atoms with Crippen molar-refractivity contribution in [2.45, 2.75) is 42.5 Å². The van der Waals surface area contributed by atoms with E-state index in [4.69, 9.17) is 0 Å². The van der Waals surface area contributed by atoms with Crippen molar-refractivity contribution < 1.29 is 4.79 Å². The topological polar surface area (TPSA) is 59.8 Å². The van der Waals surface area contributed by atoms with E-state index < -0.39 is 0 Å². The molecule has 0 amide bonds. The highest BCUT2D eigenvalue weighted by Gasteiger charge is 2.23. The Labute approximate surface area is 196 Å². The van der Waals surface area contributed by atoms with Crippen molar-refractivity contribution in [1.29, 1.82) is 0 Å². The van der Waals surface area contributed by atoms with Crippen LogP contribution in [0, 0.1) is 0 Å². The summed E-state index contributed by atoms with van der Waals surface area (Å²) < 4.78 is 2.96. The predicted molar refractivity (Wildman–Crippen MR) is 134 cm³/mol. The highest BCUT2D eigenvalue weighted by Crippen LogP contribution is 2.35. The smallest absolute Gasteiger partial charge is 0.206 e. The van der Waals surface area contributed by atoms with Gasteiger partial charge >= 0.3 is 0 Å². The van der Waals surface area contributed by atoms with E-state index >= 15 is 0 Å². The van der Waals surface area contributed by atoms with E-state index in [-0.39, 0.29) is 5.78 Å². The van der Waals surface area contributed by atoms with Crippen molar-refractivity contribution in [3.63, 3.8) is 0 Å². The van der Waals surface area contributed by atoms with Crippen LogP contribution in [0.1, 0.15) is 42.5 Å². The standard InChI is InChI=1S/C25H26N4OS2/c1-29-20-15-9-8-14-19(20)22(23(29)17-10-4-2-5-11-17)21(30)16-31-25-28-27-24(32-25)26-18-12-6-3-7-13-18/h2,4-5,8-11,14-15,18H,3,6-7,12-13,16H2,1H3,(H,26,27). The number of para-hydroxylation sites is 1. The molecule has 0 spiro atoms. The average Bonchev–Trinajstić information content (AvgIpc) is 3.41. The lowest BCUT2D eigenvalue weighted by atomic mass is 9.96. The van der Waals surface area contributed by atoms with Gasteiger partial charge in [0.15, 0.2) is 10.1 Å². The van der Waals surface area contributed by atoms with Gasteiger partial charge in [0.2, 0.25) is 5.13 Å². The maximum atomic E-state index is 13.5. The number of hydrogen-bond donors (Lipinski definition) is 1. The van der Waals surface area contributed by atoms with Crippen molar-refractivity contribution in [2.75, 3.05) is 11.1 Å².